The van der Waals surface area contributed by atoms with Crippen LogP contribution >= 0.6 is 31.9 Å². The number of aliphatic hydroxyl groups is 3. The molecule has 90 valence electrons. The average Bonchev–Trinajstić information content (AvgIpc) is 2.29. The standard InChI is InChI=1S/C9H12Br2N2O3/c10-6-1-7(11)8(12-2-6)13-9(3-14,4-15)5-16/h1-2,14-16H,3-5H2,(H,12,13). The third-order valence-corrected chi connectivity index (χ3v) is 3.14. The summed E-state index contributed by atoms with van der Waals surface area (Å²) in [6.07, 6.45) is 1.57. The molecule has 0 aliphatic carbocycles. The molecule has 0 aliphatic rings. The molecule has 0 atom stereocenters. The summed E-state index contributed by atoms with van der Waals surface area (Å²) in [6, 6.07) is 1.77. The van der Waals surface area contributed by atoms with E-state index in [9.17, 15) is 0 Å². The Kier molecular flexibility index (Phi) is 5.13. The van der Waals surface area contributed by atoms with Gasteiger partial charge in [-0.3, -0.25) is 0 Å². The largest absolute Gasteiger partial charge is 0.394 e. The Labute approximate surface area is 110 Å². The SMILES string of the molecule is OCC(CO)(CO)Nc1ncc(Br)cc1Br. The molecule has 0 amide bonds. The minimum absolute atomic E-state index is 0.399. The van der Waals surface area contributed by atoms with Crippen LogP contribution in [0.5, 0.6) is 0 Å². The Morgan fingerprint density at radius 2 is 1.75 bits per heavy atom. The van der Waals surface area contributed by atoms with Crippen molar-refractivity contribution >= 4 is 37.7 Å². The van der Waals surface area contributed by atoms with Crippen molar-refractivity contribution in [1.29, 1.82) is 0 Å². The molecule has 0 saturated heterocycles. The third-order valence-electron chi connectivity index (χ3n) is 2.10. The fourth-order valence-electron chi connectivity index (χ4n) is 1.03. The zero-order chi connectivity index (χ0) is 12.2. The number of nitrogens with zero attached hydrogens (tertiary/aromatic N) is 1. The van der Waals surface area contributed by atoms with Crippen LogP contribution in [0, 0.1) is 0 Å². The quantitative estimate of drug-likeness (QED) is 0.625. The first-order chi connectivity index (χ1) is 7.56. The van der Waals surface area contributed by atoms with Gasteiger partial charge < -0.3 is 20.6 Å². The highest BCUT2D eigenvalue weighted by atomic mass is 79.9. The smallest absolute Gasteiger partial charge is 0.141 e. The zero-order valence-electron chi connectivity index (χ0n) is 8.32. The van der Waals surface area contributed by atoms with Gasteiger partial charge in [-0.05, 0) is 37.9 Å². The van der Waals surface area contributed by atoms with Gasteiger partial charge in [0.25, 0.3) is 0 Å². The first kappa shape index (κ1) is 13.9. The highest BCUT2D eigenvalue weighted by Gasteiger charge is 2.28. The maximum absolute atomic E-state index is 9.15. The van der Waals surface area contributed by atoms with Crippen molar-refractivity contribution in [3.63, 3.8) is 0 Å². The van der Waals surface area contributed by atoms with Crippen molar-refractivity contribution in [3.8, 4) is 0 Å². The molecule has 0 aromatic carbocycles. The molecule has 4 N–H and O–H groups in total. The summed E-state index contributed by atoms with van der Waals surface area (Å²) in [4.78, 5) is 4.07. The first-order valence-electron chi connectivity index (χ1n) is 4.49. The molecule has 1 aromatic heterocycles. The molecule has 7 heteroatoms. The van der Waals surface area contributed by atoms with Gasteiger partial charge in [-0.1, -0.05) is 0 Å². The maximum atomic E-state index is 9.15. The normalized spacial score (nSPS) is 11.6. The van der Waals surface area contributed by atoms with E-state index in [1.165, 1.54) is 0 Å². The van der Waals surface area contributed by atoms with Gasteiger partial charge in [0.1, 0.15) is 11.4 Å². The van der Waals surface area contributed by atoms with Crippen molar-refractivity contribution in [2.24, 2.45) is 0 Å². The van der Waals surface area contributed by atoms with Crippen LogP contribution in [0.2, 0.25) is 0 Å². The van der Waals surface area contributed by atoms with E-state index in [1.54, 1.807) is 12.3 Å². The lowest BCUT2D eigenvalue weighted by atomic mass is 10.0. The number of hydrogen-bond acceptors (Lipinski definition) is 5. The number of nitrogens with one attached hydrogen (secondary N) is 1. The molecular formula is C9H12Br2N2O3. The van der Waals surface area contributed by atoms with Crippen molar-refractivity contribution in [3.05, 3.63) is 21.2 Å². The van der Waals surface area contributed by atoms with E-state index in [4.69, 9.17) is 15.3 Å². The molecule has 1 heterocycles. The van der Waals surface area contributed by atoms with Crippen LogP contribution in [-0.2, 0) is 0 Å². The van der Waals surface area contributed by atoms with Crippen LogP contribution in [-0.4, -0.2) is 45.7 Å². The van der Waals surface area contributed by atoms with Gasteiger partial charge in [-0.25, -0.2) is 4.98 Å². The molecule has 0 fully saturated rings. The van der Waals surface area contributed by atoms with Gasteiger partial charge in [0.15, 0.2) is 0 Å². The topological polar surface area (TPSA) is 85.6 Å². The van der Waals surface area contributed by atoms with Crippen LogP contribution in [0.3, 0.4) is 0 Å². The predicted molar refractivity (Wildman–Crippen MR) is 67.2 cm³/mol. The highest BCUT2D eigenvalue weighted by Crippen LogP contribution is 2.25. The molecule has 1 rings (SSSR count). The second kappa shape index (κ2) is 5.92. The molecule has 0 radical (unpaired) electrons. The number of anilines is 1. The van der Waals surface area contributed by atoms with E-state index in [-0.39, 0.29) is 0 Å². The maximum Gasteiger partial charge on any atom is 0.141 e. The van der Waals surface area contributed by atoms with Gasteiger partial charge in [0.05, 0.1) is 24.3 Å². The summed E-state index contributed by atoms with van der Waals surface area (Å²) in [5.74, 6) is 0.445. The van der Waals surface area contributed by atoms with E-state index in [1.807, 2.05) is 0 Å². The zero-order valence-corrected chi connectivity index (χ0v) is 11.5. The lowest BCUT2D eigenvalue weighted by molar-refractivity contribution is 0.0830. The lowest BCUT2D eigenvalue weighted by Gasteiger charge is -2.29. The van der Waals surface area contributed by atoms with E-state index in [0.29, 0.717) is 10.3 Å². The summed E-state index contributed by atoms with van der Waals surface area (Å²) in [7, 11) is 0. The van der Waals surface area contributed by atoms with Crippen molar-refractivity contribution in [2.75, 3.05) is 25.1 Å². The minimum atomic E-state index is -1.18. The molecule has 0 unspecified atom stereocenters. The van der Waals surface area contributed by atoms with Crippen LogP contribution in [0.15, 0.2) is 21.2 Å². The summed E-state index contributed by atoms with van der Waals surface area (Å²) >= 11 is 6.55. The van der Waals surface area contributed by atoms with Gasteiger partial charge in [0.2, 0.25) is 0 Å². The average molecular weight is 356 g/mol. The van der Waals surface area contributed by atoms with E-state index in [0.717, 1.165) is 4.47 Å². The number of halogens is 2. The predicted octanol–water partition coefficient (Wildman–Crippen LogP) is 0.734. The van der Waals surface area contributed by atoms with Gasteiger partial charge in [-0.15, -0.1) is 0 Å². The molecule has 5 nitrogen and oxygen atoms in total. The number of rotatable bonds is 5. The van der Waals surface area contributed by atoms with Crippen molar-refractivity contribution in [1.82, 2.24) is 4.98 Å². The minimum Gasteiger partial charge on any atom is -0.394 e. The molecule has 0 saturated carbocycles. The molecular weight excluding hydrogens is 344 g/mol. The molecule has 0 bridgehead atoms. The summed E-state index contributed by atoms with van der Waals surface area (Å²) in [6.45, 7) is -1.20. The van der Waals surface area contributed by atoms with Gasteiger partial charge in [-0.2, -0.15) is 0 Å². The molecule has 0 spiro atoms. The monoisotopic (exact) mass is 354 g/mol. The Bertz CT molecular complexity index is 350. The number of aliphatic hydroxyl groups excluding tert-OH is 3. The Morgan fingerprint density at radius 3 is 2.19 bits per heavy atom. The van der Waals surface area contributed by atoms with Gasteiger partial charge >= 0.3 is 0 Å². The Balaban J connectivity index is 2.93. The van der Waals surface area contributed by atoms with Crippen molar-refractivity contribution < 1.29 is 15.3 Å². The number of hydrogen-bond donors (Lipinski definition) is 4. The number of aromatic nitrogens is 1. The summed E-state index contributed by atoms with van der Waals surface area (Å²) in [5.41, 5.74) is -1.18. The number of pyridine rings is 1. The fourth-order valence-corrected chi connectivity index (χ4v) is 2.11. The first-order valence-corrected chi connectivity index (χ1v) is 6.07. The third kappa shape index (κ3) is 3.14. The highest BCUT2D eigenvalue weighted by molar-refractivity contribution is 9.11. The van der Waals surface area contributed by atoms with Crippen LogP contribution < -0.4 is 5.32 Å². The van der Waals surface area contributed by atoms with E-state index < -0.39 is 25.4 Å². The Hall–Kier alpha value is -0.210. The summed E-state index contributed by atoms with van der Waals surface area (Å²) in [5, 5.41) is 30.3. The van der Waals surface area contributed by atoms with Crippen LogP contribution in [0.25, 0.3) is 0 Å². The molecule has 16 heavy (non-hydrogen) atoms. The second-order valence-electron chi connectivity index (χ2n) is 3.36. The van der Waals surface area contributed by atoms with E-state index >= 15 is 0 Å². The van der Waals surface area contributed by atoms with Gasteiger partial charge in [0, 0.05) is 10.7 Å². The molecule has 1 aromatic rings. The van der Waals surface area contributed by atoms with Crippen LogP contribution in [0.4, 0.5) is 5.82 Å². The van der Waals surface area contributed by atoms with Crippen LogP contribution in [0.1, 0.15) is 0 Å². The fraction of sp³-hybridized carbons (Fsp3) is 0.444. The second-order valence-corrected chi connectivity index (χ2v) is 5.13. The molecule has 0 aliphatic heterocycles. The van der Waals surface area contributed by atoms with Crippen molar-refractivity contribution in [2.45, 2.75) is 5.54 Å². The lowest BCUT2D eigenvalue weighted by Crippen LogP contribution is -2.49. The van der Waals surface area contributed by atoms with E-state index in [2.05, 4.69) is 42.2 Å². The summed E-state index contributed by atoms with van der Waals surface area (Å²) < 4.78 is 1.47. The Morgan fingerprint density at radius 1 is 1.19 bits per heavy atom.